The lowest BCUT2D eigenvalue weighted by molar-refractivity contribution is -0.253. The van der Waals surface area contributed by atoms with Crippen molar-refractivity contribution in [2.75, 3.05) is 5.32 Å². The zero-order valence-electron chi connectivity index (χ0n) is 10.8. The van der Waals surface area contributed by atoms with Crippen LogP contribution in [0.5, 0.6) is 5.75 Å². The third-order valence-electron chi connectivity index (χ3n) is 2.11. The second-order valence-electron chi connectivity index (χ2n) is 3.83. The molecular weight excluding hydrogens is 310 g/mol. The monoisotopic (exact) mass is 319 g/mol. The van der Waals surface area contributed by atoms with Crippen LogP contribution in [0.25, 0.3) is 0 Å². The predicted octanol–water partition coefficient (Wildman–Crippen LogP) is 2.49. The summed E-state index contributed by atoms with van der Waals surface area (Å²) in [6.07, 6.45) is -9.12. The van der Waals surface area contributed by atoms with Crippen LogP contribution >= 0.6 is 0 Å². The molecule has 22 heavy (non-hydrogen) atoms. The lowest BCUT2D eigenvalue weighted by atomic mass is 10.3. The van der Waals surface area contributed by atoms with Crippen molar-refractivity contribution < 1.29 is 31.9 Å². The first-order valence-corrected chi connectivity index (χ1v) is 5.67. The van der Waals surface area contributed by atoms with Crippen LogP contribution in [-0.4, -0.2) is 24.5 Å². The Bertz CT molecular complexity index is 584. The minimum Gasteiger partial charge on any atom is -0.428 e. The van der Waals surface area contributed by atoms with E-state index in [1.54, 1.807) is 0 Å². The molecular formula is C12H9F4N3O3. The molecule has 6 nitrogen and oxygen atoms in total. The number of rotatable bonds is 5. The van der Waals surface area contributed by atoms with Gasteiger partial charge in [-0.15, -0.1) is 0 Å². The van der Waals surface area contributed by atoms with Crippen LogP contribution in [0.1, 0.15) is 6.42 Å². The summed E-state index contributed by atoms with van der Waals surface area (Å²) in [6, 6.07) is 4.67. The highest BCUT2D eigenvalue weighted by Crippen LogP contribution is 2.28. The topological polar surface area (TPSA) is 91.2 Å². The number of imide groups is 1. The molecule has 0 atom stereocenters. The number of hydrogen-bond acceptors (Lipinski definition) is 4. The van der Waals surface area contributed by atoms with E-state index in [0.717, 1.165) is 24.3 Å². The molecule has 0 spiro atoms. The van der Waals surface area contributed by atoms with Gasteiger partial charge in [-0.25, -0.2) is 4.79 Å². The van der Waals surface area contributed by atoms with Crippen molar-refractivity contribution in [3.8, 4) is 11.8 Å². The van der Waals surface area contributed by atoms with E-state index in [-0.39, 0.29) is 5.69 Å². The van der Waals surface area contributed by atoms with Crippen molar-refractivity contribution in [1.29, 1.82) is 5.26 Å². The number of carbonyl (C=O) groups excluding carboxylic acids is 2. The Morgan fingerprint density at radius 2 is 1.86 bits per heavy atom. The third-order valence-corrected chi connectivity index (χ3v) is 2.11. The Balaban J connectivity index is 2.61. The van der Waals surface area contributed by atoms with Gasteiger partial charge in [-0.2, -0.15) is 22.8 Å². The minimum atomic E-state index is -4.63. The molecule has 0 aromatic heterocycles. The Labute approximate surface area is 121 Å². The number of halogens is 4. The van der Waals surface area contributed by atoms with Crippen LogP contribution in [0.3, 0.4) is 0 Å². The summed E-state index contributed by atoms with van der Waals surface area (Å²) >= 11 is 0. The number of urea groups is 1. The van der Waals surface area contributed by atoms with Crippen molar-refractivity contribution in [2.24, 2.45) is 0 Å². The van der Waals surface area contributed by atoms with Gasteiger partial charge in [0.25, 0.3) is 0 Å². The van der Waals surface area contributed by atoms with Gasteiger partial charge in [-0.3, -0.25) is 10.1 Å². The first-order valence-electron chi connectivity index (χ1n) is 5.67. The van der Waals surface area contributed by atoms with Gasteiger partial charge in [-0.1, -0.05) is 0 Å². The van der Waals surface area contributed by atoms with E-state index >= 15 is 0 Å². The average Bonchev–Trinajstić information content (AvgIpc) is 2.40. The van der Waals surface area contributed by atoms with E-state index in [2.05, 4.69) is 10.1 Å². The van der Waals surface area contributed by atoms with Crippen LogP contribution in [0, 0.1) is 11.3 Å². The number of hydrogen-bond donors (Lipinski definition) is 2. The third kappa shape index (κ3) is 5.28. The smallest absolute Gasteiger partial charge is 0.428 e. The molecule has 0 aliphatic rings. The molecule has 118 valence electrons. The van der Waals surface area contributed by atoms with E-state index in [1.807, 2.05) is 5.32 Å². The first-order chi connectivity index (χ1) is 10.2. The fraction of sp³-hybridized carbons (Fsp3) is 0.250. The molecule has 0 aliphatic carbocycles. The van der Waals surface area contributed by atoms with Gasteiger partial charge in [0.05, 0.1) is 6.07 Å². The molecule has 0 saturated carbocycles. The van der Waals surface area contributed by atoms with Crippen molar-refractivity contribution in [1.82, 2.24) is 5.32 Å². The highest BCUT2D eigenvalue weighted by molar-refractivity contribution is 6.01. The van der Waals surface area contributed by atoms with Gasteiger partial charge in [0.1, 0.15) is 12.2 Å². The Hall–Kier alpha value is -2.83. The minimum absolute atomic E-state index is 0.0926. The SMILES string of the molecule is N#CCC(=O)NC(=O)Nc1ccc(OC(F)(F)C(F)F)cc1. The maximum absolute atomic E-state index is 12.6. The van der Waals surface area contributed by atoms with Gasteiger partial charge < -0.3 is 10.1 Å². The summed E-state index contributed by atoms with van der Waals surface area (Å²) in [4.78, 5) is 22.2. The number of anilines is 1. The first kappa shape index (κ1) is 17.2. The zero-order chi connectivity index (χ0) is 16.8. The second kappa shape index (κ2) is 7.26. The zero-order valence-corrected chi connectivity index (χ0v) is 10.8. The molecule has 1 aromatic rings. The van der Waals surface area contributed by atoms with Gasteiger partial charge >= 0.3 is 18.6 Å². The van der Waals surface area contributed by atoms with Gasteiger partial charge in [0, 0.05) is 5.69 Å². The van der Waals surface area contributed by atoms with Gasteiger partial charge in [-0.05, 0) is 24.3 Å². The Morgan fingerprint density at radius 3 is 2.36 bits per heavy atom. The molecule has 0 fully saturated rings. The van der Waals surface area contributed by atoms with Crippen LogP contribution in [0.15, 0.2) is 24.3 Å². The number of carbonyl (C=O) groups is 2. The Morgan fingerprint density at radius 1 is 1.27 bits per heavy atom. The summed E-state index contributed by atoms with van der Waals surface area (Å²) in [5.41, 5.74) is 0.0926. The number of nitriles is 1. The van der Waals surface area contributed by atoms with Crippen molar-refractivity contribution in [3.05, 3.63) is 24.3 Å². The van der Waals surface area contributed by atoms with Crippen LogP contribution in [0.2, 0.25) is 0 Å². The average molecular weight is 319 g/mol. The van der Waals surface area contributed by atoms with Crippen molar-refractivity contribution in [3.63, 3.8) is 0 Å². The van der Waals surface area contributed by atoms with Crippen LogP contribution in [-0.2, 0) is 4.79 Å². The number of benzene rings is 1. The van der Waals surface area contributed by atoms with Crippen molar-refractivity contribution in [2.45, 2.75) is 19.0 Å². The molecule has 3 amide bonds. The summed E-state index contributed by atoms with van der Waals surface area (Å²) < 4.78 is 53.0. The molecule has 10 heteroatoms. The van der Waals surface area contributed by atoms with Crippen LogP contribution < -0.4 is 15.4 Å². The molecule has 0 heterocycles. The lowest BCUT2D eigenvalue weighted by Crippen LogP contribution is -2.34. The number of ether oxygens (including phenoxy) is 1. The summed E-state index contributed by atoms with van der Waals surface area (Å²) in [5, 5.41) is 12.2. The maximum Gasteiger partial charge on any atom is 0.461 e. The highest BCUT2D eigenvalue weighted by atomic mass is 19.3. The molecule has 1 aromatic carbocycles. The summed E-state index contributed by atoms with van der Waals surface area (Å²) in [5.74, 6) is -1.35. The number of alkyl halides is 4. The van der Waals surface area contributed by atoms with Crippen LogP contribution in [0.4, 0.5) is 28.0 Å². The lowest BCUT2D eigenvalue weighted by Gasteiger charge is -2.16. The van der Waals surface area contributed by atoms with E-state index < -0.39 is 36.6 Å². The van der Waals surface area contributed by atoms with Crippen molar-refractivity contribution >= 4 is 17.6 Å². The maximum atomic E-state index is 12.6. The fourth-order valence-electron chi connectivity index (χ4n) is 1.21. The summed E-state index contributed by atoms with van der Waals surface area (Å²) in [7, 11) is 0. The standard InChI is InChI=1S/C12H9F4N3O3/c13-10(14)12(15,16)22-8-3-1-7(2-4-8)18-11(21)19-9(20)5-6-17/h1-4,10H,5H2,(H2,18,19,20,21). The molecule has 0 aliphatic heterocycles. The molecule has 0 bridgehead atoms. The fourth-order valence-corrected chi connectivity index (χ4v) is 1.21. The van der Waals surface area contributed by atoms with Gasteiger partial charge in [0.15, 0.2) is 0 Å². The molecule has 1 rings (SSSR count). The van der Waals surface area contributed by atoms with E-state index in [1.165, 1.54) is 6.07 Å². The second-order valence-corrected chi connectivity index (χ2v) is 3.83. The summed E-state index contributed by atoms with van der Waals surface area (Å²) in [6.45, 7) is 0. The number of nitrogens with zero attached hydrogens (tertiary/aromatic N) is 1. The van der Waals surface area contributed by atoms with E-state index in [9.17, 15) is 27.2 Å². The molecule has 0 radical (unpaired) electrons. The largest absolute Gasteiger partial charge is 0.461 e. The predicted molar refractivity (Wildman–Crippen MR) is 65.4 cm³/mol. The number of amides is 3. The number of nitrogens with one attached hydrogen (secondary N) is 2. The molecule has 2 N–H and O–H groups in total. The normalized spacial score (nSPS) is 10.7. The quantitative estimate of drug-likeness (QED) is 0.816. The van der Waals surface area contributed by atoms with Gasteiger partial charge in [0.2, 0.25) is 5.91 Å². The molecule has 0 unspecified atom stereocenters. The Kier molecular flexibility index (Phi) is 5.68. The molecule has 0 saturated heterocycles. The van der Waals surface area contributed by atoms with E-state index in [4.69, 9.17) is 5.26 Å². The van der Waals surface area contributed by atoms with E-state index in [0.29, 0.717) is 0 Å². The highest BCUT2D eigenvalue weighted by Gasteiger charge is 2.43.